The first-order valence-corrected chi connectivity index (χ1v) is 16.1. The SMILES string of the molecule is CN(c1cccc(C(C2=C(O)C(Cc3ccccc3)(Cc3ccccc3)OC2=O)C(C)(C)C)c1)S(=O)(=O)c1ccc(C#N)cc1. The standard InChI is InChI=1S/C37H36N2O5S/c1-36(2,3)33(29-16-11-17-30(22-29)39(4)45(42,43)31-20-18-28(25-38)19-21-31)32-34(40)37(44-35(32)41,23-26-12-7-5-8-13-26)24-27-14-9-6-10-15-27/h5-22,33,40H,23-24H2,1-4H3. The van der Waals surface area contributed by atoms with Gasteiger partial charge in [0.15, 0.2) is 5.60 Å². The summed E-state index contributed by atoms with van der Waals surface area (Å²) in [5.41, 5.74) is 1.53. The molecule has 1 N–H and O–H groups in total. The molecule has 230 valence electrons. The van der Waals surface area contributed by atoms with Crippen LogP contribution in [-0.2, 0) is 32.4 Å². The number of benzene rings is 4. The molecule has 4 aromatic carbocycles. The second-order valence-corrected chi connectivity index (χ2v) is 14.4. The molecule has 8 heteroatoms. The van der Waals surface area contributed by atoms with Crippen LogP contribution in [0.1, 0.15) is 48.9 Å². The Labute approximate surface area is 265 Å². The Morgan fingerprint density at radius 1 is 0.867 bits per heavy atom. The predicted molar refractivity (Wildman–Crippen MR) is 174 cm³/mol. The van der Waals surface area contributed by atoms with E-state index in [0.29, 0.717) is 16.8 Å². The van der Waals surface area contributed by atoms with Crippen LogP contribution in [0.3, 0.4) is 0 Å². The summed E-state index contributed by atoms with van der Waals surface area (Å²) in [4.78, 5) is 13.9. The molecule has 1 heterocycles. The first-order chi connectivity index (χ1) is 21.4. The van der Waals surface area contributed by atoms with Crippen molar-refractivity contribution in [2.45, 2.75) is 50.0 Å². The van der Waals surface area contributed by atoms with Crippen molar-refractivity contribution in [3.05, 3.63) is 143 Å². The summed E-state index contributed by atoms with van der Waals surface area (Å²) >= 11 is 0. The number of carbonyl (C=O) groups is 1. The van der Waals surface area contributed by atoms with E-state index in [-0.39, 0.29) is 29.1 Å². The molecule has 1 unspecified atom stereocenters. The van der Waals surface area contributed by atoms with E-state index in [0.717, 1.165) is 11.1 Å². The molecular weight excluding hydrogens is 584 g/mol. The van der Waals surface area contributed by atoms with Gasteiger partial charge in [-0.3, -0.25) is 4.31 Å². The molecule has 0 radical (unpaired) electrons. The van der Waals surface area contributed by atoms with Crippen molar-refractivity contribution in [1.82, 2.24) is 0 Å². The fraction of sp³-hybridized carbons (Fsp3) is 0.243. The topological polar surface area (TPSA) is 108 Å². The highest BCUT2D eigenvalue weighted by atomic mass is 32.2. The Morgan fingerprint density at radius 2 is 1.42 bits per heavy atom. The van der Waals surface area contributed by atoms with Crippen molar-refractivity contribution in [3.63, 3.8) is 0 Å². The Kier molecular flexibility index (Phi) is 8.59. The van der Waals surface area contributed by atoms with Gasteiger partial charge >= 0.3 is 5.97 Å². The monoisotopic (exact) mass is 620 g/mol. The summed E-state index contributed by atoms with van der Waals surface area (Å²) in [5, 5.41) is 21.2. The number of ether oxygens (including phenoxy) is 1. The lowest BCUT2D eigenvalue weighted by molar-refractivity contribution is -0.148. The first-order valence-electron chi connectivity index (χ1n) is 14.7. The number of nitrogens with zero attached hydrogens (tertiary/aromatic N) is 2. The lowest BCUT2D eigenvalue weighted by Crippen LogP contribution is -2.37. The fourth-order valence-electron chi connectivity index (χ4n) is 6.03. The summed E-state index contributed by atoms with van der Waals surface area (Å²) in [6, 6.07) is 34.0. The lowest BCUT2D eigenvalue weighted by atomic mass is 9.71. The van der Waals surface area contributed by atoms with Crippen molar-refractivity contribution in [2.75, 3.05) is 11.4 Å². The van der Waals surface area contributed by atoms with E-state index in [1.807, 2.05) is 93.6 Å². The van der Waals surface area contributed by atoms with E-state index < -0.39 is 32.9 Å². The molecule has 0 saturated heterocycles. The summed E-state index contributed by atoms with van der Waals surface area (Å²) in [5.74, 6) is -1.32. The average molecular weight is 621 g/mol. The summed E-state index contributed by atoms with van der Waals surface area (Å²) < 4.78 is 34.4. The van der Waals surface area contributed by atoms with Crippen LogP contribution < -0.4 is 4.31 Å². The third kappa shape index (κ3) is 6.36. The molecule has 0 saturated carbocycles. The van der Waals surface area contributed by atoms with Crippen LogP contribution in [0.4, 0.5) is 5.69 Å². The molecule has 7 nitrogen and oxygen atoms in total. The molecule has 1 aliphatic rings. The van der Waals surface area contributed by atoms with Gasteiger partial charge in [-0.05, 0) is 58.5 Å². The van der Waals surface area contributed by atoms with Crippen molar-refractivity contribution < 1.29 is 23.1 Å². The highest BCUT2D eigenvalue weighted by molar-refractivity contribution is 7.92. The number of aliphatic hydroxyl groups excluding tert-OH is 1. The van der Waals surface area contributed by atoms with E-state index in [2.05, 4.69) is 0 Å². The maximum Gasteiger partial charge on any atom is 0.339 e. The van der Waals surface area contributed by atoms with Gasteiger partial charge in [0.1, 0.15) is 5.76 Å². The van der Waals surface area contributed by atoms with Gasteiger partial charge in [-0.1, -0.05) is 93.6 Å². The molecule has 0 fully saturated rings. The number of aliphatic hydroxyl groups is 1. The molecule has 45 heavy (non-hydrogen) atoms. The van der Waals surface area contributed by atoms with Crippen LogP contribution in [0.25, 0.3) is 0 Å². The summed E-state index contributed by atoms with van der Waals surface area (Å²) in [6.07, 6.45) is 0.568. The van der Waals surface area contributed by atoms with Gasteiger partial charge < -0.3 is 9.84 Å². The number of hydrogen-bond acceptors (Lipinski definition) is 6. The third-order valence-electron chi connectivity index (χ3n) is 8.22. The zero-order chi connectivity index (χ0) is 32.4. The van der Waals surface area contributed by atoms with E-state index in [9.17, 15) is 18.3 Å². The van der Waals surface area contributed by atoms with Gasteiger partial charge in [0.25, 0.3) is 10.0 Å². The number of cyclic esters (lactones) is 1. The smallest absolute Gasteiger partial charge is 0.339 e. The van der Waals surface area contributed by atoms with Crippen LogP contribution in [0, 0.1) is 16.7 Å². The molecular formula is C37H36N2O5S. The van der Waals surface area contributed by atoms with Crippen molar-refractivity contribution in [1.29, 1.82) is 5.26 Å². The van der Waals surface area contributed by atoms with E-state index in [1.165, 1.54) is 35.6 Å². The zero-order valence-corrected chi connectivity index (χ0v) is 26.6. The van der Waals surface area contributed by atoms with Crippen molar-refractivity contribution in [3.8, 4) is 6.07 Å². The number of esters is 1. The van der Waals surface area contributed by atoms with Gasteiger partial charge in [-0.15, -0.1) is 0 Å². The van der Waals surface area contributed by atoms with Crippen LogP contribution in [0.5, 0.6) is 0 Å². The minimum atomic E-state index is -3.95. The van der Waals surface area contributed by atoms with Crippen LogP contribution in [0.15, 0.2) is 125 Å². The maximum atomic E-state index is 13.9. The second-order valence-electron chi connectivity index (χ2n) is 12.5. The Balaban J connectivity index is 1.59. The predicted octanol–water partition coefficient (Wildman–Crippen LogP) is 7.11. The van der Waals surface area contributed by atoms with Crippen LogP contribution in [-0.4, -0.2) is 32.1 Å². The van der Waals surface area contributed by atoms with E-state index in [4.69, 9.17) is 10.00 Å². The lowest BCUT2D eigenvalue weighted by Gasteiger charge is -2.32. The Hall–Kier alpha value is -4.87. The van der Waals surface area contributed by atoms with E-state index in [1.54, 1.807) is 18.2 Å². The first kappa shape index (κ1) is 31.6. The highest BCUT2D eigenvalue weighted by Gasteiger charge is 2.52. The van der Waals surface area contributed by atoms with Gasteiger partial charge in [-0.2, -0.15) is 5.26 Å². The average Bonchev–Trinajstić information content (AvgIpc) is 3.25. The van der Waals surface area contributed by atoms with Gasteiger partial charge in [-0.25, -0.2) is 13.2 Å². The molecule has 4 aromatic rings. The molecule has 0 amide bonds. The van der Waals surface area contributed by atoms with Gasteiger partial charge in [0, 0.05) is 25.8 Å². The van der Waals surface area contributed by atoms with Crippen molar-refractivity contribution in [2.24, 2.45) is 5.41 Å². The van der Waals surface area contributed by atoms with Gasteiger partial charge in [0.2, 0.25) is 0 Å². The highest BCUT2D eigenvalue weighted by Crippen LogP contribution is 2.49. The Morgan fingerprint density at radius 3 is 1.93 bits per heavy atom. The minimum Gasteiger partial charge on any atom is -0.507 e. The minimum absolute atomic E-state index is 0.0492. The number of anilines is 1. The molecule has 5 rings (SSSR count). The molecule has 1 aliphatic heterocycles. The van der Waals surface area contributed by atoms with Crippen LogP contribution >= 0.6 is 0 Å². The molecule has 0 aliphatic carbocycles. The van der Waals surface area contributed by atoms with Gasteiger partial charge in [0.05, 0.1) is 27.8 Å². The fourth-order valence-corrected chi connectivity index (χ4v) is 7.22. The second kappa shape index (κ2) is 12.3. The number of nitriles is 1. The number of sulfonamides is 1. The Bertz CT molecular complexity index is 1830. The number of carbonyl (C=O) groups excluding carboxylic acids is 1. The summed E-state index contributed by atoms with van der Waals surface area (Å²) in [6.45, 7) is 5.93. The molecule has 1 atom stereocenters. The zero-order valence-electron chi connectivity index (χ0n) is 25.8. The van der Waals surface area contributed by atoms with Crippen LogP contribution in [0.2, 0.25) is 0 Å². The molecule has 0 aromatic heterocycles. The third-order valence-corrected chi connectivity index (χ3v) is 10.0. The largest absolute Gasteiger partial charge is 0.507 e. The normalized spacial score (nSPS) is 15.3. The molecule has 0 bridgehead atoms. The molecule has 0 spiro atoms. The van der Waals surface area contributed by atoms with E-state index >= 15 is 0 Å². The number of rotatable bonds is 9. The quantitative estimate of drug-likeness (QED) is 0.200. The maximum absolute atomic E-state index is 13.9. The number of hydrogen-bond donors (Lipinski definition) is 1. The summed E-state index contributed by atoms with van der Waals surface area (Å²) in [7, 11) is -2.49. The van der Waals surface area contributed by atoms with Crippen molar-refractivity contribution >= 4 is 21.7 Å².